The minimum atomic E-state index is -4.13. The lowest BCUT2D eigenvalue weighted by atomic mass is 10.0. The number of pyridine rings is 1. The zero-order valence-corrected chi connectivity index (χ0v) is 23.1. The SMILES string of the molecule is O=C(N[C@@H](Cc1ccccc1)[C@H](O)CN(Cc1ccccn1)S(=O)(=O)c1ccc(O)cc1)OC1COC2OCCC12. The predicted molar refractivity (Wildman–Crippen MR) is 147 cm³/mol. The Morgan fingerprint density at radius 3 is 2.56 bits per heavy atom. The number of carbonyl (C=O) groups excluding carboxylic acids is 1. The summed E-state index contributed by atoms with van der Waals surface area (Å²) in [5, 5.41) is 23.9. The van der Waals surface area contributed by atoms with Crippen molar-refractivity contribution in [2.24, 2.45) is 5.92 Å². The average molecular weight is 584 g/mol. The van der Waals surface area contributed by atoms with E-state index in [9.17, 15) is 23.4 Å². The Morgan fingerprint density at radius 2 is 1.83 bits per heavy atom. The van der Waals surface area contributed by atoms with Gasteiger partial charge in [-0.05, 0) is 54.8 Å². The molecule has 218 valence electrons. The van der Waals surface area contributed by atoms with Crippen LogP contribution in [-0.4, -0.2) is 78.3 Å². The van der Waals surface area contributed by atoms with E-state index in [1.807, 2.05) is 30.3 Å². The number of nitrogens with one attached hydrogen (secondary N) is 1. The summed E-state index contributed by atoms with van der Waals surface area (Å²) in [5.74, 6) is -0.128. The molecular formula is C29H33N3O8S. The van der Waals surface area contributed by atoms with Gasteiger partial charge in [0.15, 0.2) is 6.29 Å². The van der Waals surface area contributed by atoms with Crippen LogP contribution in [0.4, 0.5) is 4.79 Å². The highest BCUT2D eigenvalue weighted by molar-refractivity contribution is 7.89. The molecule has 2 aromatic carbocycles. The van der Waals surface area contributed by atoms with Crippen LogP contribution in [0.15, 0.2) is 83.9 Å². The van der Waals surface area contributed by atoms with E-state index in [0.717, 1.165) is 16.3 Å². The summed E-state index contributed by atoms with van der Waals surface area (Å²) in [6.45, 7) is 0.292. The maximum Gasteiger partial charge on any atom is 0.407 e. The summed E-state index contributed by atoms with van der Waals surface area (Å²) < 4.78 is 45.2. The average Bonchev–Trinajstić information content (AvgIpc) is 3.59. The van der Waals surface area contributed by atoms with Gasteiger partial charge in [0, 0.05) is 12.7 Å². The summed E-state index contributed by atoms with van der Waals surface area (Å²) in [6.07, 6.45) is -0.416. The number of fused-ring (bicyclic) bond motifs is 1. The molecule has 0 spiro atoms. The van der Waals surface area contributed by atoms with E-state index in [2.05, 4.69) is 10.3 Å². The first-order valence-electron chi connectivity index (χ1n) is 13.4. The number of aromatic nitrogens is 1. The first-order valence-corrected chi connectivity index (χ1v) is 14.8. The fourth-order valence-corrected chi connectivity index (χ4v) is 6.47. The topological polar surface area (TPSA) is 148 Å². The molecule has 5 atom stereocenters. The summed E-state index contributed by atoms with van der Waals surface area (Å²) in [7, 11) is -4.13. The van der Waals surface area contributed by atoms with Crippen LogP contribution in [0, 0.1) is 5.92 Å². The second-order valence-corrected chi connectivity index (χ2v) is 12.0. The quantitative estimate of drug-likeness (QED) is 0.310. The fourth-order valence-electron chi connectivity index (χ4n) is 5.04. The maximum absolute atomic E-state index is 13.7. The molecule has 3 unspecified atom stereocenters. The van der Waals surface area contributed by atoms with Gasteiger partial charge in [0.1, 0.15) is 11.9 Å². The van der Waals surface area contributed by atoms with Crippen molar-refractivity contribution in [2.75, 3.05) is 19.8 Å². The zero-order valence-electron chi connectivity index (χ0n) is 22.3. The molecule has 1 aromatic heterocycles. The van der Waals surface area contributed by atoms with Gasteiger partial charge >= 0.3 is 6.09 Å². The number of carbonyl (C=O) groups is 1. The molecule has 1 amide bonds. The number of aliphatic hydroxyl groups is 1. The normalized spacial score (nSPS) is 21.8. The van der Waals surface area contributed by atoms with Crippen molar-refractivity contribution in [3.05, 3.63) is 90.3 Å². The van der Waals surface area contributed by atoms with Gasteiger partial charge in [0.25, 0.3) is 0 Å². The molecule has 2 aliphatic heterocycles. The summed E-state index contributed by atoms with van der Waals surface area (Å²) >= 11 is 0. The number of amides is 1. The van der Waals surface area contributed by atoms with Gasteiger partial charge in [-0.25, -0.2) is 13.2 Å². The Bertz CT molecular complexity index is 1390. The van der Waals surface area contributed by atoms with Gasteiger partial charge in [0.2, 0.25) is 10.0 Å². The molecular weight excluding hydrogens is 550 g/mol. The molecule has 0 bridgehead atoms. The van der Waals surface area contributed by atoms with Crippen LogP contribution < -0.4 is 5.32 Å². The van der Waals surface area contributed by atoms with Crippen LogP contribution in [-0.2, 0) is 37.2 Å². The second-order valence-electron chi connectivity index (χ2n) is 10.1. The number of alkyl carbamates (subject to hydrolysis) is 1. The number of hydrogen-bond acceptors (Lipinski definition) is 9. The van der Waals surface area contributed by atoms with Crippen LogP contribution in [0.1, 0.15) is 17.7 Å². The van der Waals surface area contributed by atoms with Gasteiger partial charge in [-0.1, -0.05) is 36.4 Å². The zero-order chi connectivity index (χ0) is 28.8. The number of rotatable bonds is 11. The van der Waals surface area contributed by atoms with E-state index >= 15 is 0 Å². The lowest BCUT2D eigenvalue weighted by Gasteiger charge is -2.30. The van der Waals surface area contributed by atoms with Crippen LogP contribution in [0.3, 0.4) is 0 Å². The number of aromatic hydroxyl groups is 1. The molecule has 12 heteroatoms. The van der Waals surface area contributed by atoms with Crippen molar-refractivity contribution in [3.63, 3.8) is 0 Å². The van der Waals surface area contributed by atoms with E-state index in [-0.39, 0.29) is 49.0 Å². The number of phenolic OH excluding ortho intramolecular Hbond substituents is 1. The third-order valence-corrected chi connectivity index (χ3v) is 9.07. The monoisotopic (exact) mass is 583 g/mol. The van der Waals surface area contributed by atoms with Crippen molar-refractivity contribution in [1.82, 2.24) is 14.6 Å². The number of ether oxygens (including phenoxy) is 3. The first-order chi connectivity index (χ1) is 19.8. The summed E-state index contributed by atoms with van der Waals surface area (Å²) in [6, 6.07) is 18.7. The van der Waals surface area contributed by atoms with Crippen molar-refractivity contribution in [1.29, 1.82) is 0 Å². The highest BCUT2D eigenvalue weighted by Gasteiger charge is 2.44. The largest absolute Gasteiger partial charge is 0.508 e. The van der Waals surface area contributed by atoms with Crippen LogP contribution in [0.5, 0.6) is 5.75 Å². The molecule has 3 heterocycles. The Labute approximate surface area is 238 Å². The van der Waals surface area contributed by atoms with Crippen molar-refractivity contribution < 1.29 is 37.6 Å². The van der Waals surface area contributed by atoms with Gasteiger partial charge in [-0.2, -0.15) is 4.31 Å². The Kier molecular flexibility index (Phi) is 9.15. The highest BCUT2D eigenvalue weighted by atomic mass is 32.2. The smallest absolute Gasteiger partial charge is 0.407 e. The Hall–Kier alpha value is -3.55. The molecule has 3 aromatic rings. The number of phenols is 1. The highest BCUT2D eigenvalue weighted by Crippen LogP contribution is 2.33. The minimum absolute atomic E-state index is 0.0532. The van der Waals surface area contributed by atoms with Gasteiger partial charge in [-0.15, -0.1) is 0 Å². The van der Waals surface area contributed by atoms with E-state index in [4.69, 9.17) is 14.2 Å². The third-order valence-electron chi connectivity index (χ3n) is 7.24. The van der Waals surface area contributed by atoms with Crippen LogP contribution in [0.25, 0.3) is 0 Å². The van der Waals surface area contributed by atoms with E-state index in [1.165, 1.54) is 24.3 Å². The van der Waals surface area contributed by atoms with E-state index in [0.29, 0.717) is 12.3 Å². The first kappa shape index (κ1) is 29.0. The second kappa shape index (κ2) is 13.0. The van der Waals surface area contributed by atoms with Crippen LogP contribution >= 0.6 is 0 Å². The molecule has 0 radical (unpaired) electrons. The fraction of sp³-hybridized carbons (Fsp3) is 0.379. The number of aliphatic hydroxyl groups excluding tert-OH is 1. The van der Waals surface area contributed by atoms with Gasteiger partial charge in [-0.3, -0.25) is 4.98 Å². The molecule has 0 aliphatic carbocycles. The lowest BCUT2D eigenvalue weighted by Crippen LogP contribution is -2.51. The molecule has 2 fully saturated rings. The van der Waals surface area contributed by atoms with Crippen molar-refractivity contribution in [2.45, 2.75) is 48.8 Å². The Morgan fingerprint density at radius 1 is 1.07 bits per heavy atom. The maximum atomic E-state index is 13.7. The van der Waals surface area contributed by atoms with E-state index < -0.39 is 34.4 Å². The molecule has 41 heavy (non-hydrogen) atoms. The van der Waals surface area contributed by atoms with Crippen molar-refractivity contribution in [3.8, 4) is 5.75 Å². The third kappa shape index (κ3) is 7.21. The number of hydrogen-bond donors (Lipinski definition) is 3. The van der Waals surface area contributed by atoms with E-state index in [1.54, 1.807) is 24.4 Å². The molecule has 5 rings (SSSR count). The lowest BCUT2D eigenvalue weighted by molar-refractivity contribution is -0.0907. The van der Waals surface area contributed by atoms with Gasteiger partial charge < -0.3 is 29.7 Å². The molecule has 3 N–H and O–H groups in total. The minimum Gasteiger partial charge on any atom is -0.508 e. The predicted octanol–water partition coefficient (Wildman–Crippen LogP) is 2.44. The molecule has 2 saturated heterocycles. The van der Waals surface area contributed by atoms with Crippen LogP contribution in [0.2, 0.25) is 0 Å². The number of nitrogens with zero attached hydrogens (tertiary/aromatic N) is 2. The molecule has 0 saturated carbocycles. The van der Waals surface area contributed by atoms with Crippen molar-refractivity contribution >= 4 is 16.1 Å². The number of benzene rings is 2. The summed E-state index contributed by atoms with van der Waals surface area (Å²) in [5.41, 5.74) is 1.31. The summed E-state index contributed by atoms with van der Waals surface area (Å²) in [4.78, 5) is 17.2. The standard InChI is InChI=1S/C29H33N3O8S/c33-22-9-11-23(12-10-22)41(36,37)32(17-21-8-4-5-14-30-21)18-26(34)25(16-20-6-2-1-3-7-20)31-29(35)40-27-19-39-28-24(27)13-15-38-28/h1-12,14,24-28,33-34H,13,15-19H2,(H,31,35)/t24?,25-,26+,27?,28?/m0/s1. The van der Waals surface area contributed by atoms with Gasteiger partial charge in [0.05, 0.1) is 48.4 Å². The number of sulfonamides is 1. The Balaban J connectivity index is 1.36. The molecule has 11 nitrogen and oxygen atoms in total. The molecule has 2 aliphatic rings.